The van der Waals surface area contributed by atoms with E-state index in [1.165, 1.54) is 24.9 Å². The number of thioether (sulfide) groups is 1. The first-order chi connectivity index (χ1) is 13.0. The second-order valence-corrected chi connectivity index (χ2v) is 7.20. The maximum Gasteiger partial charge on any atom is 0.192 e. The lowest BCUT2D eigenvalue weighted by molar-refractivity contribution is 0.386. The zero-order valence-electron chi connectivity index (χ0n) is 15.8. The fourth-order valence-electron chi connectivity index (χ4n) is 2.73. The molecule has 0 amide bonds. The molecule has 2 aromatic carbocycles. The van der Waals surface area contributed by atoms with E-state index in [9.17, 15) is 4.39 Å². The van der Waals surface area contributed by atoms with Crippen LogP contribution < -0.4 is 9.47 Å². The van der Waals surface area contributed by atoms with Crippen LogP contribution in [0.25, 0.3) is 11.4 Å². The molecule has 1 heterocycles. The summed E-state index contributed by atoms with van der Waals surface area (Å²) < 4.78 is 26.2. The number of nitrogens with zero attached hydrogens (tertiary/aromatic N) is 3. The minimum Gasteiger partial charge on any atom is -0.497 e. The van der Waals surface area contributed by atoms with Gasteiger partial charge in [0.25, 0.3) is 0 Å². The van der Waals surface area contributed by atoms with Crippen molar-refractivity contribution in [2.45, 2.75) is 30.8 Å². The molecule has 27 heavy (non-hydrogen) atoms. The van der Waals surface area contributed by atoms with Crippen molar-refractivity contribution in [3.63, 3.8) is 0 Å². The predicted molar refractivity (Wildman–Crippen MR) is 105 cm³/mol. The molecular formula is C20H22FN3O2S. The highest BCUT2D eigenvalue weighted by molar-refractivity contribution is 7.98. The molecule has 0 fully saturated rings. The number of methoxy groups -OCH3 is 2. The summed E-state index contributed by atoms with van der Waals surface area (Å²) >= 11 is 1.53. The highest BCUT2D eigenvalue weighted by Crippen LogP contribution is 2.31. The Morgan fingerprint density at radius 3 is 2.37 bits per heavy atom. The Balaban J connectivity index is 1.83. The molecule has 0 N–H and O–H groups in total. The molecule has 0 atom stereocenters. The third-order valence-electron chi connectivity index (χ3n) is 4.11. The first kappa shape index (κ1) is 19.2. The van der Waals surface area contributed by atoms with Gasteiger partial charge in [-0.05, 0) is 55.8 Å². The molecule has 7 heteroatoms. The van der Waals surface area contributed by atoms with E-state index < -0.39 is 0 Å². The summed E-state index contributed by atoms with van der Waals surface area (Å²) in [5.74, 6) is 2.08. The zero-order valence-corrected chi connectivity index (χ0v) is 16.6. The quantitative estimate of drug-likeness (QED) is 0.536. The normalized spacial score (nSPS) is 11.0. The summed E-state index contributed by atoms with van der Waals surface area (Å²) in [4.78, 5) is 0. The molecule has 142 valence electrons. The van der Waals surface area contributed by atoms with Crippen LogP contribution in [0.2, 0.25) is 0 Å². The molecule has 1 aromatic heterocycles. The van der Waals surface area contributed by atoms with Gasteiger partial charge in [-0.3, -0.25) is 4.57 Å². The maximum absolute atomic E-state index is 13.9. The number of rotatable bonds is 7. The van der Waals surface area contributed by atoms with Gasteiger partial charge in [0.05, 0.1) is 14.2 Å². The van der Waals surface area contributed by atoms with Gasteiger partial charge < -0.3 is 9.47 Å². The first-order valence-electron chi connectivity index (χ1n) is 8.58. The number of aromatic nitrogens is 3. The van der Waals surface area contributed by atoms with E-state index in [4.69, 9.17) is 9.47 Å². The molecule has 0 bridgehead atoms. The van der Waals surface area contributed by atoms with Gasteiger partial charge in [0.15, 0.2) is 22.5 Å². The van der Waals surface area contributed by atoms with Crippen LogP contribution in [0.3, 0.4) is 0 Å². The molecule has 0 aliphatic rings. The largest absolute Gasteiger partial charge is 0.497 e. The SMILES string of the molecule is COc1ccc(-c2nnc(SCc3ccc(OC)c(F)c3)n2C(C)C)cc1. The van der Waals surface area contributed by atoms with Crippen LogP contribution in [0.1, 0.15) is 25.5 Å². The lowest BCUT2D eigenvalue weighted by atomic mass is 10.2. The minimum absolute atomic E-state index is 0.187. The van der Waals surface area contributed by atoms with Crippen LogP contribution >= 0.6 is 11.8 Å². The van der Waals surface area contributed by atoms with E-state index in [0.717, 1.165) is 27.9 Å². The summed E-state index contributed by atoms with van der Waals surface area (Å²) in [6.07, 6.45) is 0. The van der Waals surface area contributed by atoms with Crippen LogP contribution in [0, 0.1) is 5.82 Å². The van der Waals surface area contributed by atoms with E-state index >= 15 is 0 Å². The van der Waals surface area contributed by atoms with Crippen molar-refractivity contribution in [3.05, 3.63) is 53.8 Å². The third kappa shape index (κ3) is 4.24. The monoisotopic (exact) mass is 387 g/mol. The van der Waals surface area contributed by atoms with Gasteiger partial charge in [-0.2, -0.15) is 0 Å². The van der Waals surface area contributed by atoms with Gasteiger partial charge >= 0.3 is 0 Å². The fraction of sp³-hybridized carbons (Fsp3) is 0.300. The molecule has 0 radical (unpaired) electrons. The van der Waals surface area contributed by atoms with Gasteiger partial charge in [0.2, 0.25) is 0 Å². The molecule has 0 saturated heterocycles. The molecule has 0 spiro atoms. The van der Waals surface area contributed by atoms with E-state index in [1.54, 1.807) is 13.2 Å². The number of ether oxygens (including phenoxy) is 2. The van der Waals surface area contributed by atoms with E-state index in [0.29, 0.717) is 5.75 Å². The van der Waals surface area contributed by atoms with Gasteiger partial charge in [-0.15, -0.1) is 10.2 Å². The first-order valence-corrected chi connectivity index (χ1v) is 9.56. The van der Waals surface area contributed by atoms with E-state index in [-0.39, 0.29) is 17.6 Å². The number of hydrogen-bond acceptors (Lipinski definition) is 5. The van der Waals surface area contributed by atoms with Crippen molar-refractivity contribution in [2.24, 2.45) is 0 Å². The Morgan fingerprint density at radius 1 is 1.04 bits per heavy atom. The van der Waals surface area contributed by atoms with Gasteiger partial charge in [-0.1, -0.05) is 17.8 Å². The van der Waals surface area contributed by atoms with Crippen molar-refractivity contribution in [3.8, 4) is 22.9 Å². The van der Waals surface area contributed by atoms with Gasteiger partial charge in [0.1, 0.15) is 5.75 Å². The standard InChI is InChI=1S/C20H22FN3O2S/c1-13(2)24-19(15-6-8-16(25-3)9-7-15)22-23-20(24)27-12-14-5-10-18(26-4)17(21)11-14/h5-11,13H,12H2,1-4H3. The Bertz CT molecular complexity index is 910. The highest BCUT2D eigenvalue weighted by Gasteiger charge is 2.17. The molecule has 0 unspecified atom stereocenters. The van der Waals surface area contributed by atoms with Crippen LogP contribution in [-0.4, -0.2) is 29.0 Å². The van der Waals surface area contributed by atoms with Crippen LogP contribution in [0.5, 0.6) is 11.5 Å². The summed E-state index contributed by atoms with van der Waals surface area (Å²) in [6, 6.07) is 12.9. The maximum atomic E-state index is 13.9. The van der Waals surface area contributed by atoms with Crippen LogP contribution in [0.4, 0.5) is 4.39 Å². The Labute approximate surface area is 162 Å². The van der Waals surface area contributed by atoms with Gasteiger partial charge in [0, 0.05) is 17.4 Å². The number of hydrogen-bond donors (Lipinski definition) is 0. The zero-order chi connectivity index (χ0) is 19.4. The highest BCUT2D eigenvalue weighted by atomic mass is 32.2. The second-order valence-electron chi connectivity index (χ2n) is 6.26. The predicted octanol–water partition coefficient (Wildman–Crippen LogP) is 4.97. The van der Waals surface area contributed by atoms with Crippen molar-refractivity contribution in [1.29, 1.82) is 0 Å². The van der Waals surface area contributed by atoms with Crippen molar-refractivity contribution < 1.29 is 13.9 Å². The molecule has 0 saturated carbocycles. The molecule has 0 aliphatic carbocycles. The van der Waals surface area contributed by atoms with Crippen molar-refractivity contribution >= 4 is 11.8 Å². The smallest absolute Gasteiger partial charge is 0.192 e. The van der Waals surface area contributed by atoms with E-state index in [1.807, 2.05) is 30.3 Å². The summed E-state index contributed by atoms with van der Waals surface area (Å²) in [6.45, 7) is 4.18. The van der Waals surface area contributed by atoms with E-state index in [2.05, 4.69) is 28.6 Å². The summed E-state index contributed by atoms with van der Waals surface area (Å²) in [5, 5.41) is 9.53. The second kappa shape index (κ2) is 8.43. The number of benzene rings is 2. The lowest BCUT2D eigenvalue weighted by Crippen LogP contribution is -2.05. The molecule has 3 aromatic rings. The summed E-state index contributed by atoms with van der Waals surface area (Å²) in [7, 11) is 3.10. The molecule has 3 rings (SSSR count). The Hall–Kier alpha value is -2.54. The molecule has 5 nitrogen and oxygen atoms in total. The Kier molecular flexibility index (Phi) is 6.01. The van der Waals surface area contributed by atoms with Crippen LogP contribution in [-0.2, 0) is 5.75 Å². The third-order valence-corrected chi connectivity index (χ3v) is 5.13. The number of halogens is 1. The summed E-state index contributed by atoms with van der Waals surface area (Å²) in [5.41, 5.74) is 1.84. The Morgan fingerprint density at radius 2 is 1.78 bits per heavy atom. The lowest BCUT2D eigenvalue weighted by Gasteiger charge is -2.14. The molecule has 0 aliphatic heterocycles. The average molecular weight is 387 g/mol. The van der Waals surface area contributed by atoms with Crippen LogP contribution in [0.15, 0.2) is 47.6 Å². The van der Waals surface area contributed by atoms with Crippen molar-refractivity contribution in [2.75, 3.05) is 14.2 Å². The topological polar surface area (TPSA) is 49.2 Å². The fourth-order valence-corrected chi connectivity index (χ4v) is 3.74. The minimum atomic E-state index is -0.361. The average Bonchev–Trinajstić information content (AvgIpc) is 3.11. The van der Waals surface area contributed by atoms with Crippen molar-refractivity contribution in [1.82, 2.24) is 14.8 Å². The molecular weight excluding hydrogens is 365 g/mol. The van der Waals surface area contributed by atoms with Gasteiger partial charge in [-0.25, -0.2) is 4.39 Å².